The molecule has 1 saturated heterocycles. The average Bonchev–Trinajstić information content (AvgIpc) is 2.99. The number of anilines is 1. The molecule has 2 aromatic rings. The first-order valence-corrected chi connectivity index (χ1v) is 9.42. The predicted molar refractivity (Wildman–Crippen MR) is 107 cm³/mol. The van der Waals surface area contributed by atoms with Crippen molar-refractivity contribution in [2.24, 2.45) is 5.92 Å². The number of hydrogen-bond acceptors (Lipinski definition) is 3. The zero-order chi connectivity index (χ0) is 19.8. The first kappa shape index (κ1) is 19.4. The fourth-order valence-electron chi connectivity index (χ4n) is 3.09. The predicted octanol–water partition coefficient (Wildman–Crippen LogP) is 4.90. The van der Waals surface area contributed by atoms with E-state index in [0.29, 0.717) is 23.0 Å². The Balaban J connectivity index is 1.67. The third kappa shape index (κ3) is 4.33. The lowest BCUT2D eigenvalue weighted by atomic mass is 9.87. The van der Waals surface area contributed by atoms with E-state index < -0.39 is 5.92 Å². The van der Waals surface area contributed by atoms with Gasteiger partial charge < -0.3 is 9.64 Å². The Hall–Kier alpha value is -2.33. The van der Waals surface area contributed by atoms with Crippen LogP contribution >= 0.6 is 11.6 Å². The molecular weight excluding hydrogens is 362 g/mol. The van der Waals surface area contributed by atoms with Gasteiger partial charge in [-0.25, -0.2) is 0 Å². The molecule has 0 unspecified atom stereocenters. The van der Waals surface area contributed by atoms with Crippen molar-refractivity contribution >= 4 is 29.2 Å². The van der Waals surface area contributed by atoms with Crippen molar-refractivity contribution in [3.8, 4) is 5.75 Å². The summed E-state index contributed by atoms with van der Waals surface area (Å²) in [5.41, 5.74) is 2.86. The molecule has 4 nitrogen and oxygen atoms in total. The van der Waals surface area contributed by atoms with E-state index >= 15 is 0 Å². The summed E-state index contributed by atoms with van der Waals surface area (Å²) in [6, 6.07) is 13.0. The van der Waals surface area contributed by atoms with E-state index in [4.69, 9.17) is 16.3 Å². The summed E-state index contributed by atoms with van der Waals surface area (Å²) in [5, 5.41) is 0.602. The lowest BCUT2D eigenvalue weighted by molar-refractivity contribution is -0.139. The number of halogens is 1. The third-order valence-corrected chi connectivity index (χ3v) is 5.27. The zero-order valence-corrected chi connectivity index (χ0v) is 16.8. The molecule has 1 heterocycles. The van der Waals surface area contributed by atoms with Gasteiger partial charge >= 0.3 is 5.97 Å². The van der Waals surface area contributed by atoms with Gasteiger partial charge in [-0.15, -0.1) is 0 Å². The van der Waals surface area contributed by atoms with E-state index in [0.717, 1.165) is 5.56 Å². The van der Waals surface area contributed by atoms with Gasteiger partial charge in [0.25, 0.3) is 0 Å². The SMILES string of the molecule is Cc1ccc(N2C[C@H](C(=O)Oc3ccc(C(C)(C)C)cc3)CC2=O)cc1Cl. The van der Waals surface area contributed by atoms with Crippen molar-refractivity contribution in [2.45, 2.75) is 39.5 Å². The van der Waals surface area contributed by atoms with Crippen LogP contribution in [0.3, 0.4) is 0 Å². The number of carbonyl (C=O) groups is 2. The molecule has 0 spiro atoms. The van der Waals surface area contributed by atoms with Crippen LogP contribution in [0.15, 0.2) is 42.5 Å². The summed E-state index contributed by atoms with van der Waals surface area (Å²) >= 11 is 6.16. The Kier molecular flexibility index (Phi) is 5.29. The Morgan fingerprint density at radius 2 is 1.81 bits per heavy atom. The first-order valence-electron chi connectivity index (χ1n) is 9.04. The summed E-state index contributed by atoms with van der Waals surface area (Å²) in [5.74, 6) is -0.468. The molecular formula is C22H24ClNO3. The van der Waals surface area contributed by atoms with Crippen molar-refractivity contribution in [3.05, 3.63) is 58.6 Å². The second-order valence-electron chi connectivity index (χ2n) is 8.03. The summed E-state index contributed by atoms with van der Waals surface area (Å²) in [6.07, 6.45) is 0.143. The van der Waals surface area contributed by atoms with Gasteiger partial charge in [0.15, 0.2) is 0 Å². The van der Waals surface area contributed by atoms with Crippen LogP contribution in [0.5, 0.6) is 5.75 Å². The highest BCUT2D eigenvalue weighted by atomic mass is 35.5. The number of esters is 1. The lowest BCUT2D eigenvalue weighted by Gasteiger charge is -2.19. The first-order chi connectivity index (χ1) is 12.6. The van der Waals surface area contributed by atoms with E-state index in [9.17, 15) is 9.59 Å². The fourth-order valence-corrected chi connectivity index (χ4v) is 3.26. The molecule has 0 saturated carbocycles. The number of benzene rings is 2. The molecule has 2 aromatic carbocycles. The van der Waals surface area contributed by atoms with Crippen LogP contribution in [0.2, 0.25) is 5.02 Å². The number of hydrogen-bond donors (Lipinski definition) is 0. The van der Waals surface area contributed by atoms with E-state index in [1.807, 2.05) is 31.2 Å². The largest absolute Gasteiger partial charge is 0.426 e. The lowest BCUT2D eigenvalue weighted by Crippen LogP contribution is -2.27. The van der Waals surface area contributed by atoms with Crippen LogP contribution in [0.1, 0.15) is 38.3 Å². The summed E-state index contributed by atoms with van der Waals surface area (Å²) in [4.78, 5) is 26.5. The Morgan fingerprint density at radius 3 is 2.41 bits per heavy atom. The molecule has 142 valence electrons. The Bertz CT molecular complexity index is 868. The highest BCUT2D eigenvalue weighted by Gasteiger charge is 2.36. The standard InChI is InChI=1S/C22H24ClNO3/c1-14-5-8-17(12-19(14)23)24-13-15(11-20(24)25)21(26)27-18-9-6-16(7-10-18)22(2,3)4/h5-10,12,15H,11,13H2,1-4H3/t15-/m1/s1. The van der Waals surface area contributed by atoms with Gasteiger partial charge in [0.05, 0.1) is 5.92 Å². The summed E-state index contributed by atoms with van der Waals surface area (Å²) in [6.45, 7) is 8.60. The molecule has 3 rings (SSSR count). The summed E-state index contributed by atoms with van der Waals surface area (Å²) in [7, 11) is 0. The molecule has 1 aliphatic heterocycles. The quantitative estimate of drug-likeness (QED) is 0.557. The molecule has 1 fully saturated rings. The molecule has 1 aliphatic rings. The van der Waals surface area contributed by atoms with Gasteiger partial charge in [0.2, 0.25) is 5.91 Å². The zero-order valence-electron chi connectivity index (χ0n) is 16.1. The maximum absolute atomic E-state index is 12.5. The number of nitrogens with zero attached hydrogens (tertiary/aromatic N) is 1. The van der Waals surface area contributed by atoms with Crippen molar-refractivity contribution < 1.29 is 14.3 Å². The maximum atomic E-state index is 12.5. The van der Waals surface area contributed by atoms with Gasteiger partial charge in [0.1, 0.15) is 5.75 Å². The van der Waals surface area contributed by atoms with Crippen LogP contribution in [0.4, 0.5) is 5.69 Å². The van der Waals surface area contributed by atoms with E-state index in [2.05, 4.69) is 20.8 Å². The van der Waals surface area contributed by atoms with Crippen molar-refractivity contribution in [3.63, 3.8) is 0 Å². The number of rotatable bonds is 3. The van der Waals surface area contributed by atoms with Crippen molar-refractivity contribution in [1.82, 2.24) is 0 Å². The van der Waals surface area contributed by atoms with Gasteiger partial charge in [0, 0.05) is 23.7 Å². The van der Waals surface area contributed by atoms with E-state index in [1.165, 1.54) is 5.56 Å². The molecule has 0 bridgehead atoms. The van der Waals surface area contributed by atoms with Crippen molar-refractivity contribution in [1.29, 1.82) is 0 Å². The van der Waals surface area contributed by atoms with Crippen LogP contribution < -0.4 is 9.64 Å². The highest BCUT2D eigenvalue weighted by molar-refractivity contribution is 6.31. The number of carbonyl (C=O) groups excluding carboxylic acids is 2. The third-order valence-electron chi connectivity index (χ3n) is 4.86. The average molecular weight is 386 g/mol. The second-order valence-corrected chi connectivity index (χ2v) is 8.44. The normalized spacial score (nSPS) is 17.3. The Labute approximate surface area is 165 Å². The molecule has 5 heteroatoms. The number of amides is 1. The molecule has 0 N–H and O–H groups in total. The second kappa shape index (κ2) is 7.35. The maximum Gasteiger partial charge on any atom is 0.316 e. The van der Waals surface area contributed by atoms with Gasteiger partial charge in [-0.1, -0.05) is 50.6 Å². The van der Waals surface area contributed by atoms with Crippen LogP contribution in [-0.4, -0.2) is 18.4 Å². The fraction of sp³-hybridized carbons (Fsp3) is 0.364. The van der Waals surface area contributed by atoms with Gasteiger partial charge in [-0.3, -0.25) is 9.59 Å². The number of aryl methyl sites for hydroxylation is 1. The minimum atomic E-state index is -0.486. The molecule has 1 amide bonds. The van der Waals surface area contributed by atoms with Crippen LogP contribution in [-0.2, 0) is 15.0 Å². The molecule has 0 aromatic heterocycles. The Morgan fingerprint density at radius 1 is 1.15 bits per heavy atom. The topological polar surface area (TPSA) is 46.6 Å². The molecule has 0 radical (unpaired) electrons. The van der Waals surface area contributed by atoms with Crippen LogP contribution in [0.25, 0.3) is 0 Å². The highest BCUT2D eigenvalue weighted by Crippen LogP contribution is 2.30. The minimum absolute atomic E-state index is 0.0379. The summed E-state index contributed by atoms with van der Waals surface area (Å²) < 4.78 is 5.50. The monoisotopic (exact) mass is 385 g/mol. The minimum Gasteiger partial charge on any atom is -0.426 e. The van der Waals surface area contributed by atoms with E-state index in [1.54, 1.807) is 23.1 Å². The smallest absolute Gasteiger partial charge is 0.316 e. The van der Waals surface area contributed by atoms with Crippen LogP contribution in [0, 0.1) is 12.8 Å². The van der Waals surface area contributed by atoms with E-state index in [-0.39, 0.29) is 23.7 Å². The molecule has 1 atom stereocenters. The molecule has 27 heavy (non-hydrogen) atoms. The molecule has 0 aliphatic carbocycles. The van der Waals surface area contributed by atoms with Gasteiger partial charge in [-0.05, 0) is 47.7 Å². The van der Waals surface area contributed by atoms with Crippen molar-refractivity contribution in [2.75, 3.05) is 11.4 Å². The van der Waals surface area contributed by atoms with Gasteiger partial charge in [-0.2, -0.15) is 0 Å². The number of ether oxygens (including phenoxy) is 1.